The number of carboxylic acid groups (broad SMARTS) is 1. The van der Waals surface area contributed by atoms with Crippen LogP contribution in [0.1, 0.15) is 35.7 Å². The van der Waals surface area contributed by atoms with Crippen molar-refractivity contribution in [2.24, 2.45) is 0 Å². The Labute approximate surface area is 165 Å². The Kier molecular flexibility index (Phi) is 5.09. The molecule has 0 amide bonds. The van der Waals surface area contributed by atoms with Gasteiger partial charge < -0.3 is 19.1 Å². The minimum Gasteiger partial charge on any atom is -0.478 e. The Balaban J connectivity index is 1.73. The van der Waals surface area contributed by atoms with E-state index in [0.29, 0.717) is 11.6 Å². The predicted molar refractivity (Wildman–Crippen MR) is 111 cm³/mol. The fourth-order valence-corrected chi connectivity index (χ4v) is 4.26. The van der Waals surface area contributed by atoms with E-state index in [0.717, 1.165) is 43.7 Å². The molecule has 1 fully saturated rings. The number of aromatic carboxylic acids is 1. The minimum absolute atomic E-state index is 0.305. The second-order valence-corrected chi connectivity index (χ2v) is 7.36. The van der Waals surface area contributed by atoms with E-state index in [4.69, 9.17) is 4.74 Å². The average Bonchev–Trinajstić information content (AvgIpc) is 3.13. The lowest BCUT2D eigenvalue weighted by Crippen LogP contribution is -2.39. The number of ether oxygens (including phenoxy) is 1. The molecule has 3 aromatic rings. The van der Waals surface area contributed by atoms with Crippen molar-refractivity contribution >= 4 is 17.2 Å². The molecule has 1 aromatic carbocycles. The van der Waals surface area contributed by atoms with Crippen molar-refractivity contribution in [2.45, 2.75) is 32.7 Å². The lowest BCUT2D eigenvalue weighted by Gasteiger charge is -2.36. The number of carbonyl (C=O) groups is 1. The van der Waals surface area contributed by atoms with Gasteiger partial charge in [-0.1, -0.05) is 12.1 Å². The molecule has 0 bridgehead atoms. The van der Waals surface area contributed by atoms with E-state index < -0.39 is 5.97 Å². The van der Waals surface area contributed by atoms with Crippen LogP contribution in [-0.4, -0.2) is 41.3 Å². The third-order valence-electron chi connectivity index (χ3n) is 5.74. The molecule has 0 spiro atoms. The Morgan fingerprint density at radius 2 is 2.04 bits per heavy atom. The minimum atomic E-state index is -0.904. The quantitative estimate of drug-likeness (QED) is 0.704. The SMILES string of the molecule is CCN(c1cccc(-c2cc3cc(C(=O)O)ccn3c2)c1C)C1CCOCC1. The molecule has 1 aliphatic rings. The van der Waals surface area contributed by atoms with Crippen LogP contribution in [0, 0.1) is 6.92 Å². The molecule has 4 rings (SSSR count). The number of carboxylic acids is 1. The molecule has 1 N–H and O–H groups in total. The Morgan fingerprint density at radius 3 is 2.75 bits per heavy atom. The van der Waals surface area contributed by atoms with Crippen LogP contribution in [-0.2, 0) is 4.74 Å². The summed E-state index contributed by atoms with van der Waals surface area (Å²) in [5.74, 6) is -0.904. The molecule has 3 heterocycles. The Morgan fingerprint density at radius 1 is 1.25 bits per heavy atom. The number of nitrogens with zero attached hydrogens (tertiary/aromatic N) is 2. The Hall–Kier alpha value is -2.79. The second-order valence-electron chi connectivity index (χ2n) is 7.36. The summed E-state index contributed by atoms with van der Waals surface area (Å²) < 4.78 is 7.52. The number of anilines is 1. The van der Waals surface area contributed by atoms with Gasteiger partial charge in [0.25, 0.3) is 0 Å². The fourth-order valence-electron chi connectivity index (χ4n) is 4.26. The van der Waals surface area contributed by atoms with Gasteiger partial charge in [-0.15, -0.1) is 0 Å². The zero-order valence-electron chi connectivity index (χ0n) is 16.4. The molecule has 5 heteroatoms. The lowest BCUT2D eigenvalue weighted by atomic mass is 9.98. The summed E-state index contributed by atoms with van der Waals surface area (Å²) in [6, 6.07) is 12.4. The maximum absolute atomic E-state index is 11.3. The highest BCUT2D eigenvalue weighted by atomic mass is 16.5. The van der Waals surface area contributed by atoms with Gasteiger partial charge in [0.2, 0.25) is 0 Å². The van der Waals surface area contributed by atoms with Crippen LogP contribution >= 0.6 is 0 Å². The van der Waals surface area contributed by atoms with E-state index in [1.807, 2.05) is 10.6 Å². The number of pyridine rings is 1. The first-order valence-electron chi connectivity index (χ1n) is 9.88. The molecule has 1 aliphatic heterocycles. The smallest absolute Gasteiger partial charge is 0.335 e. The standard InChI is InChI=1S/C23H26N2O3/c1-3-25(19-8-11-28-12-9-19)22-6-4-5-21(16(22)2)18-14-20-13-17(23(26)27)7-10-24(20)15-18/h4-7,10,13-15,19H,3,8-9,11-12H2,1-2H3,(H,26,27). The fraction of sp³-hybridized carbons (Fsp3) is 0.348. The molecular formula is C23H26N2O3. The van der Waals surface area contributed by atoms with E-state index in [9.17, 15) is 9.90 Å². The van der Waals surface area contributed by atoms with E-state index in [2.05, 4.69) is 49.2 Å². The maximum atomic E-state index is 11.3. The van der Waals surface area contributed by atoms with Crippen molar-refractivity contribution < 1.29 is 14.6 Å². The van der Waals surface area contributed by atoms with Crippen LogP contribution in [0.5, 0.6) is 0 Å². The first kappa shape index (κ1) is 18.6. The molecule has 146 valence electrons. The van der Waals surface area contributed by atoms with Crippen LogP contribution in [0.2, 0.25) is 0 Å². The normalized spacial score (nSPS) is 15.1. The van der Waals surface area contributed by atoms with E-state index in [-0.39, 0.29) is 0 Å². The molecule has 1 saturated heterocycles. The number of hydrogen-bond donors (Lipinski definition) is 1. The summed E-state index contributed by atoms with van der Waals surface area (Å²) >= 11 is 0. The van der Waals surface area contributed by atoms with E-state index in [1.54, 1.807) is 12.1 Å². The lowest BCUT2D eigenvalue weighted by molar-refractivity contribution is 0.0697. The maximum Gasteiger partial charge on any atom is 0.335 e. The molecule has 0 unspecified atom stereocenters. The second kappa shape index (κ2) is 7.68. The van der Waals surface area contributed by atoms with Crippen molar-refractivity contribution in [1.82, 2.24) is 4.40 Å². The highest BCUT2D eigenvalue weighted by Crippen LogP contribution is 2.34. The van der Waals surface area contributed by atoms with Gasteiger partial charge in [-0.3, -0.25) is 0 Å². The van der Waals surface area contributed by atoms with Gasteiger partial charge in [0.05, 0.1) is 5.56 Å². The molecule has 28 heavy (non-hydrogen) atoms. The summed E-state index contributed by atoms with van der Waals surface area (Å²) in [6.07, 6.45) is 6.00. The highest BCUT2D eigenvalue weighted by Gasteiger charge is 2.22. The highest BCUT2D eigenvalue weighted by molar-refractivity contribution is 5.89. The van der Waals surface area contributed by atoms with Gasteiger partial charge in [-0.05, 0) is 62.1 Å². The summed E-state index contributed by atoms with van der Waals surface area (Å²) in [6.45, 7) is 7.02. The number of hydrogen-bond acceptors (Lipinski definition) is 3. The Bertz CT molecular complexity index is 1000. The monoisotopic (exact) mass is 378 g/mol. The van der Waals surface area contributed by atoms with Gasteiger partial charge in [0.15, 0.2) is 0 Å². The summed E-state index contributed by atoms with van der Waals surface area (Å²) in [7, 11) is 0. The van der Waals surface area contributed by atoms with Crippen LogP contribution in [0.25, 0.3) is 16.6 Å². The molecule has 5 nitrogen and oxygen atoms in total. The van der Waals surface area contributed by atoms with Crippen LogP contribution < -0.4 is 4.90 Å². The van der Waals surface area contributed by atoms with Crippen molar-refractivity contribution in [1.29, 1.82) is 0 Å². The van der Waals surface area contributed by atoms with Crippen molar-refractivity contribution in [3.63, 3.8) is 0 Å². The third kappa shape index (κ3) is 3.38. The number of rotatable bonds is 5. The average molecular weight is 378 g/mol. The van der Waals surface area contributed by atoms with Crippen LogP contribution in [0.4, 0.5) is 5.69 Å². The summed E-state index contributed by atoms with van der Waals surface area (Å²) in [5, 5.41) is 9.24. The van der Waals surface area contributed by atoms with Gasteiger partial charge in [0, 0.05) is 55.0 Å². The van der Waals surface area contributed by atoms with Crippen molar-refractivity contribution in [3.8, 4) is 11.1 Å². The van der Waals surface area contributed by atoms with Gasteiger partial charge in [-0.2, -0.15) is 0 Å². The molecule has 0 aliphatic carbocycles. The number of aromatic nitrogens is 1. The molecular weight excluding hydrogens is 352 g/mol. The largest absolute Gasteiger partial charge is 0.478 e. The van der Waals surface area contributed by atoms with Crippen molar-refractivity contribution in [2.75, 3.05) is 24.7 Å². The first-order valence-corrected chi connectivity index (χ1v) is 9.88. The number of fused-ring (bicyclic) bond motifs is 1. The zero-order chi connectivity index (χ0) is 19.7. The topological polar surface area (TPSA) is 54.2 Å². The van der Waals surface area contributed by atoms with Crippen molar-refractivity contribution in [3.05, 3.63) is 59.9 Å². The van der Waals surface area contributed by atoms with Gasteiger partial charge in [0.1, 0.15) is 0 Å². The van der Waals surface area contributed by atoms with Gasteiger partial charge in [-0.25, -0.2) is 4.79 Å². The molecule has 0 radical (unpaired) electrons. The summed E-state index contributed by atoms with van der Waals surface area (Å²) in [5.41, 5.74) is 6.00. The van der Waals surface area contributed by atoms with Crippen LogP contribution in [0.3, 0.4) is 0 Å². The molecule has 0 atom stereocenters. The molecule has 2 aromatic heterocycles. The third-order valence-corrected chi connectivity index (χ3v) is 5.74. The van der Waals surface area contributed by atoms with E-state index in [1.165, 1.54) is 16.8 Å². The summed E-state index contributed by atoms with van der Waals surface area (Å²) in [4.78, 5) is 13.8. The number of benzene rings is 1. The van der Waals surface area contributed by atoms with Gasteiger partial charge >= 0.3 is 5.97 Å². The van der Waals surface area contributed by atoms with E-state index >= 15 is 0 Å². The van der Waals surface area contributed by atoms with Crippen LogP contribution in [0.15, 0.2) is 48.8 Å². The molecule has 0 saturated carbocycles. The zero-order valence-corrected chi connectivity index (χ0v) is 16.4. The first-order chi connectivity index (χ1) is 13.6. The predicted octanol–water partition coefficient (Wildman–Crippen LogP) is 4.62.